The average molecular weight is 380 g/mol. The van der Waals surface area contributed by atoms with Gasteiger partial charge in [-0.05, 0) is 49.7 Å². The molecule has 1 unspecified atom stereocenters. The van der Waals surface area contributed by atoms with Crippen molar-refractivity contribution in [2.45, 2.75) is 24.5 Å². The van der Waals surface area contributed by atoms with E-state index in [9.17, 15) is 5.11 Å². The molecule has 1 fully saturated rings. The normalized spacial score (nSPS) is 16.4. The highest BCUT2D eigenvalue weighted by atomic mass is 35.5. The lowest BCUT2D eigenvalue weighted by Gasteiger charge is -2.42. The van der Waals surface area contributed by atoms with Crippen LogP contribution in [0.3, 0.4) is 0 Å². The van der Waals surface area contributed by atoms with Crippen molar-refractivity contribution in [3.05, 3.63) is 95.0 Å². The van der Waals surface area contributed by atoms with Crippen LogP contribution in [0, 0.1) is 0 Å². The largest absolute Gasteiger partial charge is 0.378 e. The van der Waals surface area contributed by atoms with E-state index in [1.165, 1.54) is 0 Å². The fraction of sp³-hybridized carbons (Fsp3) is 0.273. The molecule has 0 saturated carbocycles. The zero-order valence-electron chi connectivity index (χ0n) is 15.0. The minimum absolute atomic E-state index is 0.331. The molecule has 4 nitrogen and oxygen atoms in total. The zero-order chi connectivity index (χ0) is 18.7. The monoisotopic (exact) mass is 379 g/mol. The standard InChI is InChI=1S/C22H22ClN3O/c23-20-10-2-1-9-19(20)21(26-13-3-4-14-26)22(27,17-7-5-11-24-15-17)18-8-6-12-25-16-18/h1-2,5-12,15-16,21,27H,3-4,13-14H2. The first-order chi connectivity index (χ1) is 13.2. The van der Waals surface area contributed by atoms with Crippen LogP contribution in [-0.4, -0.2) is 33.1 Å². The van der Waals surface area contributed by atoms with Crippen LogP contribution in [0.25, 0.3) is 0 Å². The highest BCUT2D eigenvalue weighted by Crippen LogP contribution is 2.46. The maximum atomic E-state index is 12.3. The number of aromatic nitrogens is 2. The molecular weight excluding hydrogens is 358 g/mol. The van der Waals surface area contributed by atoms with Crippen LogP contribution in [0.2, 0.25) is 5.02 Å². The van der Waals surface area contributed by atoms with Gasteiger partial charge in [0.05, 0.1) is 6.04 Å². The molecule has 0 radical (unpaired) electrons. The molecular formula is C22H22ClN3O. The van der Waals surface area contributed by atoms with Gasteiger partial charge in [-0.25, -0.2) is 0 Å². The molecule has 4 rings (SSSR count). The Morgan fingerprint density at radius 1 is 0.889 bits per heavy atom. The van der Waals surface area contributed by atoms with Crippen molar-refractivity contribution in [1.82, 2.24) is 14.9 Å². The van der Waals surface area contributed by atoms with Gasteiger partial charge in [0.15, 0.2) is 0 Å². The molecule has 2 aromatic heterocycles. The third-order valence-corrected chi connectivity index (χ3v) is 5.65. The third-order valence-electron chi connectivity index (χ3n) is 5.30. The van der Waals surface area contributed by atoms with Gasteiger partial charge in [0.1, 0.15) is 5.60 Å². The van der Waals surface area contributed by atoms with E-state index < -0.39 is 5.60 Å². The number of aliphatic hydroxyl groups is 1. The van der Waals surface area contributed by atoms with Gasteiger partial charge in [-0.2, -0.15) is 0 Å². The van der Waals surface area contributed by atoms with Gasteiger partial charge in [0.2, 0.25) is 0 Å². The number of nitrogens with zero attached hydrogens (tertiary/aromatic N) is 3. The molecule has 0 spiro atoms. The molecule has 1 aliphatic rings. The van der Waals surface area contributed by atoms with Gasteiger partial charge in [0, 0.05) is 40.9 Å². The number of benzene rings is 1. The summed E-state index contributed by atoms with van der Waals surface area (Å²) in [4.78, 5) is 10.9. The summed E-state index contributed by atoms with van der Waals surface area (Å²) in [5.41, 5.74) is 1.05. The van der Waals surface area contributed by atoms with E-state index in [1.54, 1.807) is 24.8 Å². The molecule has 3 aromatic rings. The topological polar surface area (TPSA) is 49.3 Å². The van der Waals surface area contributed by atoms with Crippen LogP contribution in [0.15, 0.2) is 73.3 Å². The Labute approximate surface area is 164 Å². The number of hydrogen-bond donors (Lipinski definition) is 1. The highest BCUT2D eigenvalue weighted by molar-refractivity contribution is 6.31. The first-order valence-electron chi connectivity index (χ1n) is 9.23. The average Bonchev–Trinajstić information content (AvgIpc) is 3.25. The smallest absolute Gasteiger partial charge is 0.137 e. The van der Waals surface area contributed by atoms with E-state index in [1.807, 2.05) is 48.5 Å². The summed E-state index contributed by atoms with van der Waals surface area (Å²) < 4.78 is 0. The Hall–Kier alpha value is -2.27. The Bertz CT molecular complexity index is 843. The van der Waals surface area contributed by atoms with Crippen molar-refractivity contribution in [2.24, 2.45) is 0 Å². The van der Waals surface area contributed by atoms with Gasteiger partial charge < -0.3 is 5.11 Å². The summed E-state index contributed by atoms with van der Waals surface area (Å²) in [6, 6.07) is 15.0. The van der Waals surface area contributed by atoms with Crippen molar-refractivity contribution in [3.8, 4) is 0 Å². The van der Waals surface area contributed by atoms with Crippen molar-refractivity contribution < 1.29 is 5.11 Å². The fourth-order valence-corrected chi connectivity index (χ4v) is 4.28. The molecule has 1 N–H and O–H groups in total. The van der Waals surface area contributed by atoms with Gasteiger partial charge in [-0.15, -0.1) is 0 Å². The van der Waals surface area contributed by atoms with Crippen LogP contribution >= 0.6 is 11.6 Å². The molecule has 1 aromatic carbocycles. The van der Waals surface area contributed by atoms with Crippen molar-refractivity contribution in [3.63, 3.8) is 0 Å². The number of halogens is 1. The lowest BCUT2D eigenvalue weighted by molar-refractivity contribution is -0.0152. The second-order valence-corrected chi connectivity index (χ2v) is 7.32. The fourth-order valence-electron chi connectivity index (χ4n) is 4.04. The summed E-state index contributed by atoms with van der Waals surface area (Å²) in [7, 11) is 0. The van der Waals surface area contributed by atoms with Crippen molar-refractivity contribution >= 4 is 11.6 Å². The Kier molecular flexibility index (Phi) is 5.21. The van der Waals surface area contributed by atoms with Crippen LogP contribution in [0.5, 0.6) is 0 Å². The first-order valence-corrected chi connectivity index (χ1v) is 9.61. The summed E-state index contributed by atoms with van der Waals surface area (Å²) in [5, 5.41) is 12.9. The number of hydrogen-bond acceptors (Lipinski definition) is 4. The second kappa shape index (κ2) is 7.77. The van der Waals surface area contributed by atoms with Crippen molar-refractivity contribution in [1.29, 1.82) is 0 Å². The molecule has 3 heterocycles. The lowest BCUT2D eigenvalue weighted by atomic mass is 9.77. The van der Waals surface area contributed by atoms with E-state index >= 15 is 0 Å². The maximum Gasteiger partial charge on any atom is 0.137 e. The third kappa shape index (κ3) is 3.36. The van der Waals surface area contributed by atoms with Gasteiger partial charge in [-0.1, -0.05) is 41.9 Å². The molecule has 1 saturated heterocycles. The molecule has 27 heavy (non-hydrogen) atoms. The van der Waals surface area contributed by atoms with E-state index in [-0.39, 0.29) is 6.04 Å². The van der Waals surface area contributed by atoms with Crippen LogP contribution < -0.4 is 0 Å². The Morgan fingerprint density at radius 3 is 2.00 bits per heavy atom. The van der Waals surface area contributed by atoms with Crippen LogP contribution in [0.1, 0.15) is 35.6 Å². The Balaban J connectivity index is 1.96. The minimum atomic E-state index is -1.32. The number of rotatable bonds is 5. The number of likely N-dealkylation sites (tertiary alicyclic amines) is 1. The predicted molar refractivity (Wildman–Crippen MR) is 106 cm³/mol. The minimum Gasteiger partial charge on any atom is -0.378 e. The highest BCUT2D eigenvalue weighted by Gasteiger charge is 2.46. The Morgan fingerprint density at radius 2 is 1.48 bits per heavy atom. The van der Waals surface area contributed by atoms with E-state index in [0.29, 0.717) is 5.02 Å². The molecule has 1 aliphatic heterocycles. The predicted octanol–water partition coefficient (Wildman–Crippen LogP) is 4.20. The summed E-state index contributed by atoms with van der Waals surface area (Å²) in [6.45, 7) is 1.83. The van der Waals surface area contributed by atoms with Gasteiger partial charge >= 0.3 is 0 Å². The van der Waals surface area contributed by atoms with Crippen LogP contribution in [0.4, 0.5) is 0 Å². The molecule has 0 bridgehead atoms. The second-order valence-electron chi connectivity index (χ2n) is 6.92. The van der Waals surface area contributed by atoms with E-state index in [2.05, 4.69) is 14.9 Å². The van der Waals surface area contributed by atoms with Crippen LogP contribution in [-0.2, 0) is 5.60 Å². The molecule has 1 atom stereocenters. The van der Waals surface area contributed by atoms with E-state index in [0.717, 1.165) is 42.6 Å². The molecule has 0 amide bonds. The summed E-state index contributed by atoms with van der Waals surface area (Å²) in [5.74, 6) is 0. The summed E-state index contributed by atoms with van der Waals surface area (Å²) >= 11 is 6.61. The molecule has 0 aliphatic carbocycles. The number of pyridine rings is 2. The SMILES string of the molecule is OC(c1cccnc1)(c1cccnc1)C(c1ccccc1Cl)N1CCCC1. The zero-order valence-corrected chi connectivity index (χ0v) is 15.8. The van der Waals surface area contributed by atoms with Crippen molar-refractivity contribution in [2.75, 3.05) is 13.1 Å². The summed E-state index contributed by atoms with van der Waals surface area (Å²) in [6.07, 6.45) is 9.11. The first kappa shape index (κ1) is 18.1. The van der Waals surface area contributed by atoms with Gasteiger partial charge in [-0.3, -0.25) is 14.9 Å². The molecule has 5 heteroatoms. The van der Waals surface area contributed by atoms with E-state index in [4.69, 9.17) is 11.6 Å². The molecule has 138 valence electrons. The quantitative estimate of drug-likeness (QED) is 0.721. The maximum absolute atomic E-state index is 12.3. The lowest BCUT2D eigenvalue weighted by Crippen LogP contribution is -2.44. The van der Waals surface area contributed by atoms with Gasteiger partial charge in [0.25, 0.3) is 0 Å².